The molecule has 0 fully saturated rings. The Morgan fingerprint density at radius 1 is 0.808 bits per heavy atom. The van der Waals surface area contributed by atoms with Crippen LogP contribution >= 0.6 is 0 Å². The molecule has 0 radical (unpaired) electrons. The SMILES string of the molecule is CCCCCCCCCCCCCC(=O)NS(=O)(=O)c1ccc(C)cc1. The molecule has 148 valence electrons. The first-order valence-electron chi connectivity index (χ1n) is 10.1. The van der Waals surface area contributed by atoms with E-state index in [1.807, 2.05) is 6.92 Å². The molecule has 1 rings (SSSR count). The fourth-order valence-electron chi connectivity index (χ4n) is 2.93. The van der Waals surface area contributed by atoms with Gasteiger partial charge >= 0.3 is 0 Å². The van der Waals surface area contributed by atoms with Gasteiger partial charge in [0.15, 0.2) is 0 Å². The summed E-state index contributed by atoms with van der Waals surface area (Å²) >= 11 is 0. The average Bonchev–Trinajstić information content (AvgIpc) is 2.59. The highest BCUT2D eigenvalue weighted by molar-refractivity contribution is 7.90. The van der Waals surface area contributed by atoms with Crippen LogP contribution < -0.4 is 4.72 Å². The second-order valence-corrected chi connectivity index (χ2v) is 8.81. The number of benzene rings is 1. The quantitative estimate of drug-likeness (QED) is 0.433. The largest absolute Gasteiger partial charge is 0.274 e. The number of amides is 1. The summed E-state index contributed by atoms with van der Waals surface area (Å²) < 4.78 is 26.4. The third-order valence-electron chi connectivity index (χ3n) is 4.59. The fourth-order valence-corrected chi connectivity index (χ4v) is 3.94. The van der Waals surface area contributed by atoms with E-state index in [-0.39, 0.29) is 11.3 Å². The van der Waals surface area contributed by atoms with E-state index in [4.69, 9.17) is 0 Å². The van der Waals surface area contributed by atoms with Crippen LogP contribution in [0.2, 0.25) is 0 Å². The number of sulfonamides is 1. The van der Waals surface area contributed by atoms with Gasteiger partial charge in [0.1, 0.15) is 0 Å². The van der Waals surface area contributed by atoms with Gasteiger partial charge in [-0.2, -0.15) is 0 Å². The maximum atomic E-state index is 12.1. The van der Waals surface area contributed by atoms with Gasteiger partial charge in [-0.25, -0.2) is 13.1 Å². The van der Waals surface area contributed by atoms with Gasteiger partial charge < -0.3 is 0 Å². The van der Waals surface area contributed by atoms with Crippen LogP contribution in [0.1, 0.15) is 89.5 Å². The van der Waals surface area contributed by atoms with Crippen LogP contribution in [0.5, 0.6) is 0 Å². The van der Waals surface area contributed by atoms with Crippen LogP contribution in [-0.2, 0) is 14.8 Å². The normalized spacial score (nSPS) is 11.5. The van der Waals surface area contributed by atoms with E-state index >= 15 is 0 Å². The molecule has 0 saturated carbocycles. The summed E-state index contributed by atoms with van der Waals surface area (Å²) in [4.78, 5) is 12.0. The Labute approximate surface area is 159 Å². The summed E-state index contributed by atoms with van der Waals surface area (Å²) in [6, 6.07) is 6.49. The molecule has 1 aromatic carbocycles. The van der Waals surface area contributed by atoms with E-state index in [2.05, 4.69) is 11.6 Å². The molecule has 1 N–H and O–H groups in total. The lowest BCUT2D eigenvalue weighted by Crippen LogP contribution is -2.30. The molecule has 0 unspecified atom stereocenters. The number of hydrogen-bond acceptors (Lipinski definition) is 3. The number of rotatable bonds is 14. The van der Waals surface area contributed by atoms with Gasteiger partial charge in [0.2, 0.25) is 5.91 Å². The molecule has 0 aromatic heterocycles. The lowest BCUT2D eigenvalue weighted by Gasteiger charge is -2.07. The van der Waals surface area contributed by atoms with Gasteiger partial charge in [-0.1, -0.05) is 88.8 Å². The molecule has 0 bridgehead atoms. The third kappa shape index (κ3) is 9.95. The fraction of sp³-hybridized carbons (Fsp3) is 0.667. The van der Waals surface area contributed by atoms with Crippen LogP contribution in [-0.4, -0.2) is 14.3 Å². The van der Waals surface area contributed by atoms with Crippen LogP contribution in [0.25, 0.3) is 0 Å². The predicted octanol–water partition coefficient (Wildman–Crippen LogP) is 5.50. The van der Waals surface area contributed by atoms with E-state index in [1.54, 1.807) is 12.1 Å². The van der Waals surface area contributed by atoms with Gasteiger partial charge in [0.05, 0.1) is 4.90 Å². The van der Waals surface area contributed by atoms with E-state index in [0.29, 0.717) is 0 Å². The summed E-state index contributed by atoms with van der Waals surface area (Å²) in [5, 5.41) is 0. The zero-order valence-electron chi connectivity index (χ0n) is 16.4. The maximum Gasteiger partial charge on any atom is 0.264 e. The molecule has 1 amide bonds. The molecule has 5 heteroatoms. The number of hydrogen-bond donors (Lipinski definition) is 1. The van der Waals surface area contributed by atoms with Gasteiger partial charge in [-0.15, -0.1) is 0 Å². The van der Waals surface area contributed by atoms with E-state index in [1.165, 1.54) is 63.5 Å². The molecular weight excluding hydrogens is 346 g/mol. The summed E-state index contributed by atoms with van der Waals surface area (Å²) in [6.45, 7) is 4.12. The predicted molar refractivity (Wildman–Crippen MR) is 108 cm³/mol. The molecule has 4 nitrogen and oxygen atoms in total. The number of nitrogens with one attached hydrogen (secondary N) is 1. The Kier molecular flexibility index (Phi) is 11.3. The van der Waals surface area contributed by atoms with Crippen molar-refractivity contribution in [1.82, 2.24) is 4.72 Å². The van der Waals surface area contributed by atoms with Crippen LogP contribution in [0.4, 0.5) is 0 Å². The van der Waals surface area contributed by atoms with Crippen molar-refractivity contribution in [3.63, 3.8) is 0 Å². The summed E-state index contributed by atoms with van der Waals surface area (Å²) in [5.74, 6) is -0.415. The second-order valence-electron chi connectivity index (χ2n) is 7.13. The van der Waals surface area contributed by atoms with E-state index < -0.39 is 15.9 Å². The van der Waals surface area contributed by atoms with Crippen LogP contribution in [0, 0.1) is 6.92 Å². The Morgan fingerprint density at radius 3 is 1.77 bits per heavy atom. The summed E-state index contributed by atoms with van der Waals surface area (Å²) in [5.41, 5.74) is 0.983. The number of aryl methyl sites for hydroxylation is 1. The van der Waals surface area contributed by atoms with Crippen molar-refractivity contribution in [2.45, 2.75) is 95.8 Å². The highest BCUT2D eigenvalue weighted by atomic mass is 32.2. The van der Waals surface area contributed by atoms with Gasteiger partial charge in [0.25, 0.3) is 10.0 Å². The molecule has 0 atom stereocenters. The Morgan fingerprint density at radius 2 is 1.27 bits per heavy atom. The molecule has 1 aromatic rings. The Bertz CT molecular complexity index is 609. The standard InChI is InChI=1S/C21H35NO3S/c1-3-4-5-6-7-8-9-10-11-12-13-14-21(23)22-26(24,25)20-17-15-19(2)16-18-20/h15-18H,3-14H2,1-2H3,(H,22,23). The summed E-state index contributed by atoms with van der Waals surface area (Å²) in [7, 11) is -3.74. The molecule has 0 saturated heterocycles. The first-order chi connectivity index (χ1) is 12.5. The van der Waals surface area contributed by atoms with Crippen molar-refractivity contribution in [1.29, 1.82) is 0 Å². The van der Waals surface area contributed by atoms with Crippen molar-refractivity contribution in [3.05, 3.63) is 29.8 Å². The average molecular weight is 382 g/mol. The highest BCUT2D eigenvalue weighted by Gasteiger charge is 2.16. The minimum atomic E-state index is -3.74. The number of carbonyl (C=O) groups excluding carboxylic acids is 1. The van der Waals surface area contributed by atoms with Crippen LogP contribution in [0.15, 0.2) is 29.2 Å². The molecule has 0 aliphatic rings. The molecular formula is C21H35NO3S. The molecule has 0 spiro atoms. The lowest BCUT2D eigenvalue weighted by atomic mass is 10.1. The number of unbranched alkanes of at least 4 members (excludes halogenated alkanes) is 10. The summed E-state index contributed by atoms with van der Waals surface area (Å²) in [6.07, 6.45) is 13.6. The smallest absolute Gasteiger partial charge is 0.264 e. The highest BCUT2D eigenvalue weighted by Crippen LogP contribution is 2.13. The monoisotopic (exact) mass is 381 g/mol. The molecule has 0 aliphatic carbocycles. The zero-order chi connectivity index (χ0) is 19.3. The van der Waals surface area contributed by atoms with Crippen LogP contribution in [0.3, 0.4) is 0 Å². The minimum absolute atomic E-state index is 0.135. The van der Waals surface area contributed by atoms with Crippen molar-refractivity contribution >= 4 is 15.9 Å². The Hall–Kier alpha value is -1.36. The molecule has 0 aliphatic heterocycles. The number of carbonyl (C=O) groups is 1. The molecule has 0 heterocycles. The van der Waals surface area contributed by atoms with Crippen molar-refractivity contribution < 1.29 is 13.2 Å². The first-order valence-corrected chi connectivity index (χ1v) is 11.6. The second kappa shape index (κ2) is 12.9. The lowest BCUT2D eigenvalue weighted by molar-refractivity contribution is -0.119. The molecule has 26 heavy (non-hydrogen) atoms. The topological polar surface area (TPSA) is 63.2 Å². The minimum Gasteiger partial charge on any atom is -0.274 e. The Balaban J connectivity index is 2.09. The van der Waals surface area contributed by atoms with Crippen molar-refractivity contribution in [3.8, 4) is 0 Å². The first kappa shape index (κ1) is 22.7. The van der Waals surface area contributed by atoms with Crippen molar-refractivity contribution in [2.24, 2.45) is 0 Å². The van der Waals surface area contributed by atoms with E-state index in [0.717, 1.165) is 24.8 Å². The van der Waals surface area contributed by atoms with Gasteiger partial charge in [0, 0.05) is 6.42 Å². The van der Waals surface area contributed by atoms with Gasteiger partial charge in [-0.05, 0) is 25.5 Å². The zero-order valence-corrected chi connectivity index (χ0v) is 17.2. The maximum absolute atomic E-state index is 12.1. The van der Waals surface area contributed by atoms with Gasteiger partial charge in [-0.3, -0.25) is 4.79 Å². The third-order valence-corrected chi connectivity index (χ3v) is 5.98. The van der Waals surface area contributed by atoms with E-state index in [9.17, 15) is 13.2 Å². The van der Waals surface area contributed by atoms with Crippen molar-refractivity contribution in [2.75, 3.05) is 0 Å².